The summed E-state index contributed by atoms with van der Waals surface area (Å²) in [6, 6.07) is 83.7. The Bertz CT molecular complexity index is 3420. The van der Waals surface area contributed by atoms with Crippen molar-refractivity contribution in [2.45, 2.75) is 5.41 Å². The van der Waals surface area contributed by atoms with E-state index in [1.54, 1.807) is 0 Å². The van der Waals surface area contributed by atoms with Crippen LogP contribution in [0.3, 0.4) is 0 Å². The zero-order valence-electron chi connectivity index (χ0n) is 33.3. The Morgan fingerprint density at radius 2 is 0.820 bits per heavy atom. The SMILES string of the molecule is c1ccc(-c2cc(-c3ccc(-c4ccc5c(c4)C(c4ccccc4)(c4ccccc4)c4c-5ccc5ccccc45)c4ccccc34)nc(-c3cccc4ccccc34)n2)cc1. The number of hydrogen-bond acceptors (Lipinski definition) is 2. The summed E-state index contributed by atoms with van der Waals surface area (Å²) in [6.07, 6.45) is 0. The molecule has 0 spiro atoms. The number of nitrogens with zero attached hydrogens (tertiary/aromatic N) is 2. The van der Waals surface area contributed by atoms with Crippen molar-refractivity contribution in [1.82, 2.24) is 9.97 Å². The van der Waals surface area contributed by atoms with E-state index in [4.69, 9.17) is 9.97 Å². The summed E-state index contributed by atoms with van der Waals surface area (Å²) in [6.45, 7) is 0. The van der Waals surface area contributed by atoms with E-state index in [0.29, 0.717) is 5.82 Å². The molecule has 2 nitrogen and oxygen atoms in total. The van der Waals surface area contributed by atoms with E-state index in [1.807, 2.05) is 6.07 Å². The Balaban J connectivity index is 1.09. The molecule has 11 aromatic rings. The lowest BCUT2D eigenvalue weighted by Crippen LogP contribution is -2.28. The van der Waals surface area contributed by atoms with Crippen LogP contribution in [0.5, 0.6) is 0 Å². The van der Waals surface area contributed by atoms with Gasteiger partial charge in [-0.2, -0.15) is 0 Å². The van der Waals surface area contributed by atoms with Crippen LogP contribution in [0.4, 0.5) is 0 Å². The minimum Gasteiger partial charge on any atom is -0.228 e. The molecule has 0 radical (unpaired) electrons. The minimum absolute atomic E-state index is 0.535. The van der Waals surface area contributed by atoms with Gasteiger partial charge in [0, 0.05) is 16.7 Å². The van der Waals surface area contributed by atoms with Crippen molar-refractivity contribution in [3.05, 3.63) is 253 Å². The minimum atomic E-state index is -0.535. The molecule has 61 heavy (non-hydrogen) atoms. The Kier molecular flexibility index (Phi) is 8.11. The molecular weight excluding hydrogens is 737 g/mol. The molecule has 2 heteroatoms. The second kappa shape index (κ2) is 14.1. The molecule has 0 N–H and O–H groups in total. The van der Waals surface area contributed by atoms with Gasteiger partial charge < -0.3 is 0 Å². The Morgan fingerprint density at radius 3 is 1.54 bits per heavy atom. The Labute approximate surface area is 355 Å². The van der Waals surface area contributed by atoms with Crippen LogP contribution in [0.15, 0.2) is 231 Å². The van der Waals surface area contributed by atoms with Crippen molar-refractivity contribution in [3.8, 4) is 56.2 Å². The van der Waals surface area contributed by atoms with E-state index < -0.39 is 5.41 Å². The number of aromatic nitrogens is 2. The number of hydrogen-bond donors (Lipinski definition) is 0. The molecule has 10 aromatic carbocycles. The van der Waals surface area contributed by atoms with Gasteiger partial charge in [-0.05, 0) is 89.0 Å². The zero-order valence-corrected chi connectivity index (χ0v) is 33.3. The summed E-state index contributed by atoms with van der Waals surface area (Å²) in [5.74, 6) is 0.713. The number of fused-ring (bicyclic) bond motifs is 7. The van der Waals surface area contributed by atoms with Crippen molar-refractivity contribution < 1.29 is 0 Å². The molecule has 0 aliphatic heterocycles. The van der Waals surface area contributed by atoms with Crippen molar-refractivity contribution >= 4 is 32.3 Å². The maximum atomic E-state index is 5.37. The first-order chi connectivity index (χ1) is 30.3. The number of rotatable bonds is 6. The van der Waals surface area contributed by atoms with E-state index in [-0.39, 0.29) is 0 Å². The molecule has 0 saturated carbocycles. The Hall–Kier alpha value is -7.94. The van der Waals surface area contributed by atoms with E-state index in [1.165, 1.54) is 66.1 Å². The second-order valence-corrected chi connectivity index (χ2v) is 16.0. The molecule has 1 aromatic heterocycles. The largest absolute Gasteiger partial charge is 0.228 e. The molecule has 0 bridgehead atoms. The van der Waals surface area contributed by atoms with Gasteiger partial charge in [0.15, 0.2) is 5.82 Å². The zero-order chi connectivity index (χ0) is 40.3. The van der Waals surface area contributed by atoms with Gasteiger partial charge in [-0.15, -0.1) is 0 Å². The van der Waals surface area contributed by atoms with Gasteiger partial charge in [0.2, 0.25) is 0 Å². The second-order valence-electron chi connectivity index (χ2n) is 16.0. The highest BCUT2D eigenvalue weighted by atomic mass is 14.9. The predicted octanol–water partition coefficient (Wildman–Crippen LogP) is 15.0. The van der Waals surface area contributed by atoms with Crippen molar-refractivity contribution in [2.24, 2.45) is 0 Å². The van der Waals surface area contributed by atoms with Crippen LogP contribution in [0, 0.1) is 0 Å². The van der Waals surface area contributed by atoms with Gasteiger partial charge in [0.05, 0.1) is 16.8 Å². The summed E-state index contributed by atoms with van der Waals surface area (Å²) in [7, 11) is 0. The monoisotopic (exact) mass is 774 g/mol. The molecular formula is C59H38N2. The van der Waals surface area contributed by atoms with Crippen LogP contribution in [0.2, 0.25) is 0 Å². The highest BCUT2D eigenvalue weighted by molar-refractivity contribution is 6.06. The van der Waals surface area contributed by atoms with Crippen LogP contribution < -0.4 is 0 Å². The summed E-state index contributed by atoms with van der Waals surface area (Å²) in [5.41, 5.74) is 14.5. The molecule has 0 atom stereocenters. The smallest absolute Gasteiger partial charge is 0.161 e. The lowest BCUT2D eigenvalue weighted by atomic mass is 9.66. The summed E-state index contributed by atoms with van der Waals surface area (Å²) < 4.78 is 0. The summed E-state index contributed by atoms with van der Waals surface area (Å²) in [4.78, 5) is 10.6. The fraction of sp³-hybridized carbons (Fsp3) is 0.0169. The van der Waals surface area contributed by atoms with Crippen LogP contribution in [0.25, 0.3) is 88.5 Å². The van der Waals surface area contributed by atoms with Gasteiger partial charge in [-0.1, -0.05) is 218 Å². The third-order valence-corrected chi connectivity index (χ3v) is 12.8. The fourth-order valence-corrected chi connectivity index (χ4v) is 10.1. The highest BCUT2D eigenvalue weighted by Crippen LogP contribution is 2.59. The van der Waals surface area contributed by atoms with Crippen molar-refractivity contribution in [3.63, 3.8) is 0 Å². The molecule has 1 aliphatic rings. The molecule has 12 rings (SSSR count). The lowest BCUT2D eigenvalue weighted by Gasteiger charge is -2.35. The molecule has 0 fully saturated rings. The summed E-state index contributed by atoms with van der Waals surface area (Å²) >= 11 is 0. The third-order valence-electron chi connectivity index (χ3n) is 12.8. The first-order valence-electron chi connectivity index (χ1n) is 21.0. The number of benzene rings is 10. The van der Waals surface area contributed by atoms with Gasteiger partial charge in [-0.3, -0.25) is 0 Å². The third kappa shape index (κ3) is 5.50. The fourth-order valence-electron chi connectivity index (χ4n) is 10.1. The molecule has 1 heterocycles. The molecule has 0 amide bonds. The Morgan fingerprint density at radius 1 is 0.295 bits per heavy atom. The first kappa shape index (κ1) is 35.0. The average Bonchev–Trinajstić information content (AvgIpc) is 3.65. The normalized spacial score (nSPS) is 12.7. The van der Waals surface area contributed by atoms with E-state index in [2.05, 4.69) is 224 Å². The average molecular weight is 775 g/mol. The topological polar surface area (TPSA) is 25.8 Å². The quantitative estimate of drug-likeness (QED) is 0.168. The summed E-state index contributed by atoms with van der Waals surface area (Å²) in [5, 5.41) is 7.15. The van der Waals surface area contributed by atoms with Crippen LogP contribution in [-0.4, -0.2) is 9.97 Å². The maximum Gasteiger partial charge on any atom is 0.161 e. The van der Waals surface area contributed by atoms with E-state index in [0.717, 1.165) is 38.9 Å². The predicted molar refractivity (Wildman–Crippen MR) is 254 cm³/mol. The van der Waals surface area contributed by atoms with Gasteiger partial charge in [0.1, 0.15) is 0 Å². The standard InChI is InChI=1S/C59H38N2/c1-4-19-41(20-5-1)55-38-56(61-58(60-55)53-30-16-21-39-17-10-12-26-45(39)53)51-36-35-46(48-28-14-15-29-49(48)51)42-32-33-50-52-34-31-40-18-11-13-27-47(40)57(52)59(54(50)37-42,43-22-6-2-7-23-43)44-24-8-3-9-25-44/h1-38H. The van der Waals surface area contributed by atoms with Crippen LogP contribution in [0.1, 0.15) is 22.3 Å². The molecule has 0 saturated heterocycles. The first-order valence-corrected chi connectivity index (χ1v) is 21.0. The highest BCUT2D eigenvalue weighted by Gasteiger charge is 2.47. The molecule has 0 unspecified atom stereocenters. The van der Waals surface area contributed by atoms with Crippen LogP contribution >= 0.6 is 0 Å². The van der Waals surface area contributed by atoms with Gasteiger partial charge >= 0.3 is 0 Å². The van der Waals surface area contributed by atoms with Crippen LogP contribution in [-0.2, 0) is 5.41 Å². The van der Waals surface area contributed by atoms with Crippen molar-refractivity contribution in [1.29, 1.82) is 0 Å². The lowest BCUT2D eigenvalue weighted by molar-refractivity contribution is 0.776. The van der Waals surface area contributed by atoms with E-state index in [9.17, 15) is 0 Å². The van der Waals surface area contributed by atoms with E-state index >= 15 is 0 Å². The van der Waals surface area contributed by atoms with Gasteiger partial charge in [-0.25, -0.2) is 9.97 Å². The molecule has 1 aliphatic carbocycles. The van der Waals surface area contributed by atoms with Crippen molar-refractivity contribution in [2.75, 3.05) is 0 Å². The maximum absolute atomic E-state index is 5.37. The van der Waals surface area contributed by atoms with Gasteiger partial charge in [0.25, 0.3) is 0 Å². The molecule has 284 valence electrons.